The molecule has 0 spiro atoms. The Bertz CT molecular complexity index is 885. The van der Waals surface area contributed by atoms with E-state index in [9.17, 15) is 14.9 Å². The number of carbonyl (C=O) groups excluding carboxylic acids is 1. The van der Waals surface area contributed by atoms with Crippen molar-refractivity contribution in [2.24, 2.45) is 0 Å². The Morgan fingerprint density at radius 3 is 2.57 bits per heavy atom. The molecule has 1 aromatic heterocycles. The Balaban J connectivity index is 2.13. The lowest BCUT2D eigenvalue weighted by Gasteiger charge is -2.02. The molecule has 3 rings (SSSR count). The van der Waals surface area contributed by atoms with Crippen LogP contribution < -0.4 is 0 Å². The van der Waals surface area contributed by atoms with Crippen molar-refractivity contribution in [2.75, 3.05) is 0 Å². The summed E-state index contributed by atoms with van der Waals surface area (Å²) in [6.45, 7) is 1.67. The molecule has 114 valence electrons. The maximum Gasteiger partial charge on any atom is 0.272 e. The van der Waals surface area contributed by atoms with E-state index in [1.165, 1.54) is 6.07 Å². The average molecular weight is 307 g/mol. The van der Waals surface area contributed by atoms with Gasteiger partial charge >= 0.3 is 0 Å². The van der Waals surface area contributed by atoms with Crippen molar-refractivity contribution in [3.05, 3.63) is 76.0 Å². The first-order valence-corrected chi connectivity index (χ1v) is 6.96. The first-order chi connectivity index (χ1) is 11.1. The lowest BCUT2D eigenvalue weighted by atomic mass is 10.1. The van der Waals surface area contributed by atoms with Crippen molar-refractivity contribution < 1.29 is 9.72 Å². The van der Waals surface area contributed by atoms with E-state index in [1.54, 1.807) is 29.9 Å². The fourth-order valence-electron chi connectivity index (χ4n) is 2.36. The van der Waals surface area contributed by atoms with Crippen LogP contribution in [-0.4, -0.2) is 21.0 Å². The molecular formula is C17H13N3O3. The van der Waals surface area contributed by atoms with Gasteiger partial charge in [0.2, 0.25) is 0 Å². The summed E-state index contributed by atoms with van der Waals surface area (Å²) in [5.74, 6) is 0. The number of hydrogen-bond donors (Lipinski definition) is 0. The van der Waals surface area contributed by atoms with Crippen LogP contribution in [0.1, 0.15) is 15.9 Å². The minimum atomic E-state index is -0.437. The van der Waals surface area contributed by atoms with E-state index in [0.717, 1.165) is 5.69 Å². The van der Waals surface area contributed by atoms with E-state index in [-0.39, 0.29) is 5.69 Å². The number of aromatic nitrogens is 2. The summed E-state index contributed by atoms with van der Waals surface area (Å²) in [4.78, 5) is 22.0. The maximum atomic E-state index is 11.3. The summed E-state index contributed by atoms with van der Waals surface area (Å²) in [6.07, 6.45) is 2.32. The predicted octanol–water partition coefficient (Wildman–Crippen LogP) is 3.57. The highest BCUT2D eigenvalue weighted by atomic mass is 16.6. The van der Waals surface area contributed by atoms with Crippen LogP contribution in [0, 0.1) is 17.0 Å². The molecule has 0 atom stereocenters. The topological polar surface area (TPSA) is 78.0 Å². The van der Waals surface area contributed by atoms with Crippen LogP contribution in [0.2, 0.25) is 0 Å². The Kier molecular flexibility index (Phi) is 3.72. The van der Waals surface area contributed by atoms with Gasteiger partial charge in [0.1, 0.15) is 5.69 Å². The lowest BCUT2D eigenvalue weighted by Crippen LogP contribution is -1.95. The summed E-state index contributed by atoms with van der Waals surface area (Å²) < 4.78 is 1.59. The van der Waals surface area contributed by atoms with Crippen LogP contribution in [0.4, 0.5) is 5.69 Å². The molecule has 6 nitrogen and oxygen atoms in total. The minimum Gasteiger partial charge on any atom is -0.298 e. The van der Waals surface area contributed by atoms with Crippen LogP contribution in [-0.2, 0) is 0 Å². The van der Waals surface area contributed by atoms with Crippen molar-refractivity contribution in [1.29, 1.82) is 0 Å². The number of para-hydroxylation sites is 1. The predicted molar refractivity (Wildman–Crippen MR) is 85.8 cm³/mol. The van der Waals surface area contributed by atoms with Crippen LogP contribution in [0.5, 0.6) is 0 Å². The molecule has 23 heavy (non-hydrogen) atoms. The second-order valence-electron chi connectivity index (χ2n) is 5.09. The monoisotopic (exact) mass is 307 g/mol. The first-order valence-electron chi connectivity index (χ1n) is 6.96. The smallest absolute Gasteiger partial charge is 0.272 e. The van der Waals surface area contributed by atoms with Crippen LogP contribution in [0.25, 0.3) is 16.9 Å². The van der Waals surface area contributed by atoms with E-state index in [2.05, 4.69) is 5.10 Å². The standard InChI is InChI=1S/C17H13N3O3/c1-12-7-8-13(9-16(12)20(22)23)17-14(11-21)10-19(18-17)15-5-3-2-4-6-15/h2-11H,1H3. The van der Waals surface area contributed by atoms with E-state index in [4.69, 9.17) is 0 Å². The maximum absolute atomic E-state index is 11.3. The molecule has 2 aromatic carbocycles. The molecule has 0 unspecified atom stereocenters. The number of benzene rings is 2. The fourth-order valence-corrected chi connectivity index (χ4v) is 2.36. The van der Waals surface area contributed by atoms with Crippen LogP contribution in [0.3, 0.4) is 0 Å². The Hall–Kier alpha value is -3.28. The molecule has 0 aliphatic rings. The second-order valence-corrected chi connectivity index (χ2v) is 5.09. The molecule has 0 bridgehead atoms. The molecule has 1 heterocycles. The fraction of sp³-hybridized carbons (Fsp3) is 0.0588. The number of nitro benzene ring substituents is 1. The number of nitrogens with zero attached hydrogens (tertiary/aromatic N) is 3. The van der Waals surface area contributed by atoms with Crippen LogP contribution >= 0.6 is 0 Å². The molecule has 0 fully saturated rings. The normalized spacial score (nSPS) is 10.5. The highest BCUT2D eigenvalue weighted by Gasteiger charge is 2.16. The van der Waals surface area contributed by atoms with Gasteiger partial charge in [0.25, 0.3) is 5.69 Å². The summed E-state index contributed by atoms with van der Waals surface area (Å²) in [5, 5.41) is 15.5. The van der Waals surface area contributed by atoms with Gasteiger partial charge in [0.15, 0.2) is 6.29 Å². The minimum absolute atomic E-state index is 0.00797. The Labute approximate surface area is 132 Å². The molecule has 0 saturated heterocycles. The average Bonchev–Trinajstić information content (AvgIpc) is 3.00. The largest absolute Gasteiger partial charge is 0.298 e. The zero-order valence-corrected chi connectivity index (χ0v) is 12.3. The van der Waals surface area contributed by atoms with Crippen molar-refractivity contribution in [3.8, 4) is 16.9 Å². The SMILES string of the molecule is Cc1ccc(-c2nn(-c3ccccc3)cc2C=O)cc1[N+](=O)[O-]. The van der Waals surface area contributed by atoms with Gasteiger partial charge in [0.05, 0.1) is 16.2 Å². The summed E-state index contributed by atoms with van der Waals surface area (Å²) in [6, 6.07) is 14.2. The number of hydrogen-bond acceptors (Lipinski definition) is 4. The number of nitro groups is 1. The van der Waals surface area contributed by atoms with Crippen molar-refractivity contribution in [2.45, 2.75) is 6.92 Å². The molecule has 0 aliphatic heterocycles. The van der Waals surface area contributed by atoms with Gasteiger partial charge in [-0.2, -0.15) is 5.10 Å². The molecule has 0 amide bonds. The third kappa shape index (κ3) is 2.74. The number of rotatable bonds is 4. The third-order valence-corrected chi connectivity index (χ3v) is 3.57. The quantitative estimate of drug-likeness (QED) is 0.419. The van der Waals surface area contributed by atoms with Crippen LogP contribution in [0.15, 0.2) is 54.7 Å². The van der Waals surface area contributed by atoms with Crippen molar-refractivity contribution in [1.82, 2.24) is 9.78 Å². The third-order valence-electron chi connectivity index (χ3n) is 3.57. The van der Waals surface area contributed by atoms with E-state index >= 15 is 0 Å². The summed E-state index contributed by atoms with van der Waals surface area (Å²) >= 11 is 0. The molecular weight excluding hydrogens is 294 g/mol. The van der Waals surface area contributed by atoms with E-state index in [1.807, 2.05) is 30.3 Å². The first kappa shape index (κ1) is 14.6. The second kappa shape index (κ2) is 5.84. The van der Waals surface area contributed by atoms with Crippen molar-refractivity contribution >= 4 is 12.0 Å². The van der Waals surface area contributed by atoms with E-state index < -0.39 is 4.92 Å². The molecule has 0 N–H and O–H groups in total. The van der Waals surface area contributed by atoms with Gasteiger partial charge in [0, 0.05) is 23.4 Å². The zero-order chi connectivity index (χ0) is 16.4. The molecule has 3 aromatic rings. The van der Waals surface area contributed by atoms with Gasteiger partial charge in [-0.05, 0) is 19.1 Å². The van der Waals surface area contributed by atoms with Gasteiger partial charge in [-0.1, -0.05) is 30.3 Å². The zero-order valence-electron chi connectivity index (χ0n) is 12.3. The summed E-state index contributed by atoms with van der Waals surface area (Å²) in [7, 11) is 0. The highest BCUT2D eigenvalue weighted by Crippen LogP contribution is 2.28. The van der Waals surface area contributed by atoms with Gasteiger partial charge < -0.3 is 0 Å². The molecule has 6 heteroatoms. The molecule has 0 aliphatic carbocycles. The highest BCUT2D eigenvalue weighted by molar-refractivity contribution is 5.86. The number of carbonyl (C=O) groups is 1. The number of aryl methyl sites for hydroxylation is 1. The lowest BCUT2D eigenvalue weighted by molar-refractivity contribution is -0.385. The summed E-state index contributed by atoms with van der Waals surface area (Å²) in [5.41, 5.74) is 2.73. The molecule has 0 radical (unpaired) electrons. The Morgan fingerprint density at radius 2 is 1.91 bits per heavy atom. The van der Waals surface area contributed by atoms with Gasteiger partial charge in [-0.15, -0.1) is 0 Å². The van der Waals surface area contributed by atoms with E-state index in [0.29, 0.717) is 28.7 Å². The van der Waals surface area contributed by atoms with Gasteiger partial charge in [-0.3, -0.25) is 14.9 Å². The Morgan fingerprint density at radius 1 is 1.17 bits per heavy atom. The van der Waals surface area contributed by atoms with Crippen molar-refractivity contribution in [3.63, 3.8) is 0 Å². The van der Waals surface area contributed by atoms with Gasteiger partial charge in [-0.25, -0.2) is 4.68 Å². The number of aldehydes is 1. The molecule has 0 saturated carbocycles.